The first kappa shape index (κ1) is 8.27. The van der Waals surface area contributed by atoms with Gasteiger partial charge < -0.3 is 9.47 Å². The van der Waals surface area contributed by atoms with Gasteiger partial charge in [0.2, 0.25) is 0 Å². The zero-order valence-corrected chi connectivity index (χ0v) is 7.69. The van der Waals surface area contributed by atoms with E-state index in [0.29, 0.717) is 24.0 Å². The summed E-state index contributed by atoms with van der Waals surface area (Å²) >= 11 is 0. The lowest BCUT2D eigenvalue weighted by Gasteiger charge is -2.10. The van der Waals surface area contributed by atoms with Gasteiger partial charge in [0, 0.05) is 25.0 Å². The normalized spacial score (nSPS) is 43.2. The lowest BCUT2D eigenvalue weighted by molar-refractivity contribution is 0.0499. The third-order valence-electron chi connectivity index (χ3n) is 2.68. The van der Waals surface area contributed by atoms with E-state index in [2.05, 4.69) is 12.2 Å². The Kier molecular flexibility index (Phi) is 2.20. The molecule has 0 saturated heterocycles. The van der Waals surface area contributed by atoms with Crippen molar-refractivity contribution in [2.45, 2.75) is 26.1 Å². The molecule has 12 heavy (non-hydrogen) atoms. The highest BCUT2D eigenvalue weighted by Crippen LogP contribution is 2.50. The van der Waals surface area contributed by atoms with Crippen LogP contribution in [0.4, 0.5) is 0 Å². The highest BCUT2D eigenvalue weighted by molar-refractivity contribution is 5.23. The van der Waals surface area contributed by atoms with Gasteiger partial charge in [-0.25, -0.2) is 0 Å². The summed E-state index contributed by atoms with van der Waals surface area (Å²) in [4.78, 5) is 0. The van der Waals surface area contributed by atoms with Crippen LogP contribution < -0.4 is 0 Å². The summed E-state index contributed by atoms with van der Waals surface area (Å²) in [5.74, 6) is 1.28. The van der Waals surface area contributed by atoms with Gasteiger partial charge in [0.15, 0.2) is 0 Å². The lowest BCUT2D eigenvalue weighted by atomic mass is 10.2. The topological polar surface area (TPSA) is 18.5 Å². The molecule has 2 aliphatic rings. The van der Waals surface area contributed by atoms with E-state index < -0.39 is 0 Å². The molecule has 0 N–H and O–H groups in total. The van der Waals surface area contributed by atoms with Gasteiger partial charge in [0.1, 0.15) is 0 Å². The van der Waals surface area contributed by atoms with Crippen LogP contribution in [-0.2, 0) is 9.47 Å². The third kappa shape index (κ3) is 1.19. The fourth-order valence-corrected chi connectivity index (χ4v) is 2.11. The number of ether oxygens (including phenoxy) is 2. The molecule has 1 fully saturated rings. The third-order valence-corrected chi connectivity index (χ3v) is 2.68. The molecule has 2 heteroatoms. The Morgan fingerprint density at radius 1 is 1.08 bits per heavy atom. The minimum atomic E-state index is 0.330. The fraction of sp³-hybridized carbons (Fsp3) is 0.800. The molecule has 0 amide bonds. The second-order valence-electron chi connectivity index (χ2n) is 3.38. The van der Waals surface area contributed by atoms with Crippen LogP contribution >= 0.6 is 0 Å². The van der Waals surface area contributed by atoms with Crippen molar-refractivity contribution in [1.82, 2.24) is 0 Å². The van der Waals surface area contributed by atoms with Crippen molar-refractivity contribution in [2.24, 2.45) is 11.8 Å². The summed E-state index contributed by atoms with van der Waals surface area (Å²) < 4.78 is 11.1. The van der Waals surface area contributed by atoms with E-state index >= 15 is 0 Å². The van der Waals surface area contributed by atoms with Crippen molar-refractivity contribution in [3.05, 3.63) is 12.2 Å². The second-order valence-corrected chi connectivity index (χ2v) is 3.38. The van der Waals surface area contributed by atoms with Gasteiger partial charge >= 0.3 is 0 Å². The first-order valence-electron chi connectivity index (χ1n) is 4.80. The predicted molar refractivity (Wildman–Crippen MR) is 46.9 cm³/mol. The van der Waals surface area contributed by atoms with E-state index in [9.17, 15) is 0 Å². The molecule has 0 unspecified atom stereocenters. The molecule has 2 nitrogen and oxygen atoms in total. The monoisotopic (exact) mass is 168 g/mol. The van der Waals surface area contributed by atoms with Crippen molar-refractivity contribution >= 4 is 0 Å². The molecule has 0 bridgehead atoms. The van der Waals surface area contributed by atoms with E-state index in [-0.39, 0.29) is 0 Å². The molecule has 0 heterocycles. The summed E-state index contributed by atoms with van der Waals surface area (Å²) in [7, 11) is 0. The summed E-state index contributed by atoms with van der Waals surface area (Å²) in [5.41, 5.74) is 0. The van der Waals surface area contributed by atoms with E-state index in [0.717, 1.165) is 13.2 Å². The minimum Gasteiger partial charge on any atom is -0.377 e. The maximum atomic E-state index is 5.57. The van der Waals surface area contributed by atoms with E-state index in [1.54, 1.807) is 0 Å². The van der Waals surface area contributed by atoms with E-state index in [4.69, 9.17) is 9.47 Å². The summed E-state index contributed by atoms with van der Waals surface area (Å²) in [6, 6.07) is 0. The van der Waals surface area contributed by atoms with Gasteiger partial charge in [-0.3, -0.25) is 0 Å². The van der Waals surface area contributed by atoms with Gasteiger partial charge in [0.25, 0.3) is 0 Å². The van der Waals surface area contributed by atoms with Gasteiger partial charge in [0.05, 0.1) is 12.2 Å². The maximum Gasteiger partial charge on any atom is 0.0815 e. The number of rotatable bonds is 4. The average molecular weight is 168 g/mol. The lowest BCUT2D eigenvalue weighted by Crippen LogP contribution is -2.14. The summed E-state index contributed by atoms with van der Waals surface area (Å²) in [5, 5.41) is 0. The standard InChI is InChI=1S/C10H16O2/c1-3-11-8-6-5-7-9(8)10(7)12-4-2/h5-10H,3-4H2,1-2H3/t7-,8-,9-,10+/m0/s1. The first-order valence-corrected chi connectivity index (χ1v) is 4.80. The van der Waals surface area contributed by atoms with Crippen LogP contribution in [0, 0.1) is 11.8 Å². The van der Waals surface area contributed by atoms with Crippen molar-refractivity contribution in [1.29, 1.82) is 0 Å². The zero-order chi connectivity index (χ0) is 8.55. The predicted octanol–water partition coefficient (Wildman–Crippen LogP) is 1.61. The average Bonchev–Trinajstić information content (AvgIpc) is 2.55. The van der Waals surface area contributed by atoms with Crippen molar-refractivity contribution < 1.29 is 9.47 Å². The van der Waals surface area contributed by atoms with Crippen LogP contribution in [-0.4, -0.2) is 25.4 Å². The fourth-order valence-electron chi connectivity index (χ4n) is 2.11. The van der Waals surface area contributed by atoms with E-state index in [1.165, 1.54) is 0 Å². The zero-order valence-electron chi connectivity index (χ0n) is 7.69. The Hall–Kier alpha value is -0.340. The number of hydrogen-bond acceptors (Lipinski definition) is 2. The van der Waals surface area contributed by atoms with Crippen molar-refractivity contribution in [3.8, 4) is 0 Å². The molecule has 0 spiro atoms. The maximum absolute atomic E-state index is 5.57. The SMILES string of the molecule is CCO[C@@H]1[C@H]2C=C[C@H](OCC)[C@H]21. The highest BCUT2D eigenvalue weighted by Gasteiger charge is 2.56. The van der Waals surface area contributed by atoms with Gasteiger partial charge in [-0.2, -0.15) is 0 Å². The Morgan fingerprint density at radius 3 is 2.50 bits per heavy atom. The molecule has 0 aliphatic heterocycles. The molecule has 4 atom stereocenters. The molecule has 2 aliphatic carbocycles. The molecule has 1 saturated carbocycles. The van der Waals surface area contributed by atoms with Crippen LogP contribution in [0.25, 0.3) is 0 Å². The van der Waals surface area contributed by atoms with E-state index in [1.807, 2.05) is 13.8 Å². The first-order chi connectivity index (χ1) is 5.88. The second kappa shape index (κ2) is 3.19. The Morgan fingerprint density at radius 2 is 1.83 bits per heavy atom. The minimum absolute atomic E-state index is 0.330. The van der Waals surface area contributed by atoms with Crippen LogP contribution in [0.5, 0.6) is 0 Å². The summed E-state index contributed by atoms with van der Waals surface area (Å²) in [6.45, 7) is 5.72. The molecule has 0 aromatic rings. The molecular weight excluding hydrogens is 152 g/mol. The van der Waals surface area contributed by atoms with Crippen molar-refractivity contribution in [3.63, 3.8) is 0 Å². The highest BCUT2D eigenvalue weighted by atomic mass is 16.5. The molecular formula is C10H16O2. The summed E-state index contributed by atoms with van der Waals surface area (Å²) in [6.07, 6.45) is 5.20. The molecule has 0 aromatic heterocycles. The van der Waals surface area contributed by atoms with Gasteiger partial charge in [-0.1, -0.05) is 12.2 Å². The smallest absolute Gasteiger partial charge is 0.0815 e. The van der Waals surface area contributed by atoms with Gasteiger partial charge in [-0.15, -0.1) is 0 Å². The Balaban J connectivity index is 1.86. The van der Waals surface area contributed by atoms with Crippen LogP contribution in [0.2, 0.25) is 0 Å². The Labute approximate surface area is 73.5 Å². The van der Waals surface area contributed by atoms with Crippen molar-refractivity contribution in [2.75, 3.05) is 13.2 Å². The van der Waals surface area contributed by atoms with Crippen LogP contribution in [0.3, 0.4) is 0 Å². The molecule has 0 radical (unpaired) electrons. The Bertz CT molecular complexity index is 188. The van der Waals surface area contributed by atoms with Crippen LogP contribution in [0.1, 0.15) is 13.8 Å². The van der Waals surface area contributed by atoms with Gasteiger partial charge in [-0.05, 0) is 13.8 Å². The number of fused-ring (bicyclic) bond motifs is 1. The molecule has 0 aromatic carbocycles. The van der Waals surface area contributed by atoms with Crippen LogP contribution in [0.15, 0.2) is 12.2 Å². The molecule has 68 valence electrons. The number of hydrogen-bond donors (Lipinski definition) is 0. The largest absolute Gasteiger partial charge is 0.377 e. The quantitative estimate of drug-likeness (QED) is 0.594. The molecule has 2 rings (SSSR count).